The van der Waals surface area contributed by atoms with Crippen LogP contribution in [0.4, 0.5) is 0 Å². The van der Waals surface area contributed by atoms with Gasteiger partial charge in [0.1, 0.15) is 0 Å². The fraction of sp³-hybridized carbons (Fsp3) is 1.00. The van der Waals surface area contributed by atoms with E-state index in [4.69, 9.17) is 10.2 Å². The lowest BCUT2D eigenvalue weighted by Crippen LogP contribution is -2.35. The number of hydrogen-bond donors (Lipinski definition) is 2. The third kappa shape index (κ3) is 2.28. The third-order valence-electron chi connectivity index (χ3n) is 1.15. The quantitative estimate of drug-likeness (QED) is 0.463. The van der Waals surface area contributed by atoms with Crippen molar-refractivity contribution in [1.82, 2.24) is 0 Å². The minimum atomic E-state index is -1.28. The maximum Gasteiger partial charge on any atom is 0.162 e. The van der Waals surface area contributed by atoms with Crippen LogP contribution in [0.1, 0.15) is 33.1 Å². The molecule has 0 bridgehead atoms. The molecule has 0 spiro atoms. The summed E-state index contributed by atoms with van der Waals surface area (Å²) >= 11 is 0. The molecule has 0 heterocycles. The van der Waals surface area contributed by atoms with Crippen molar-refractivity contribution in [2.45, 2.75) is 38.9 Å². The van der Waals surface area contributed by atoms with Gasteiger partial charge in [0, 0.05) is 12.8 Å². The zero-order valence-corrected chi connectivity index (χ0v) is 5.52. The summed E-state index contributed by atoms with van der Waals surface area (Å²) in [6.45, 7) is 4.00. The van der Waals surface area contributed by atoms with Crippen molar-refractivity contribution in [3.63, 3.8) is 0 Å². The van der Waals surface area contributed by atoms with Gasteiger partial charge in [-0.1, -0.05) is 13.8 Å². The van der Waals surface area contributed by atoms with Crippen LogP contribution in [0.3, 0.4) is 0 Å². The van der Waals surface area contributed by atoms with E-state index in [0.29, 0.717) is 12.8 Å². The van der Waals surface area contributed by atoms with Crippen LogP contribution in [-0.2, 0) is 0 Å². The van der Waals surface area contributed by atoms with E-state index in [0.717, 1.165) is 6.42 Å². The van der Waals surface area contributed by atoms with E-state index >= 15 is 0 Å². The number of aliphatic hydroxyl groups is 2. The molecule has 1 aliphatic carbocycles. The Morgan fingerprint density at radius 2 is 1.38 bits per heavy atom. The van der Waals surface area contributed by atoms with Crippen molar-refractivity contribution < 1.29 is 10.2 Å². The average Bonchev–Trinajstić information content (AvgIpc) is 1.69. The molecule has 0 aliphatic heterocycles. The Kier molecular flexibility index (Phi) is 3.02. The molecule has 0 saturated heterocycles. The predicted molar refractivity (Wildman–Crippen MR) is 32.4 cm³/mol. The van der Waals surface area contributed by atoms with Crippen LogP contribution in [0.25, 0.3) is 0 Å². The van der Waals surface area contributed by atoms with Crippen molar-refractivity contribution in [2.75, 3.05) is 0 Å². The summed E-state index contributed by atoms with van der Waals surface area (Å²) in [5.41, 5.74) is 0. The van der Waals surface area contributed by atoms with E-state index in [1.165, 1.54) is 0 Å². The van der Waals surface area contributed by atoms with Gasteiger partial charge in [0.2, 0.25) is 0 Å². The normalized spacial score (nSPS) is 22.5. The van der Waals surface area contributed by atoms with Crippen LogP contribution in [-0.4, -0.2) is 16.0 Å². The Balaban J connectivity index is 0.000000222. The smallest absolute Gasteiger partial charge is 0.162 e. The predicted octanol–water partition coefficient (Wildman–Crippen LogP) is 0.877. The van der Waals surface area contributed by atoms with Gasteiger partial charge in [0.15, 0.2) is 5.79 Å². The highest BCUT2D eigenvalue weighted by Gasteiger charge is 2.30. The molecule has 0 unspecified atom stereocenters. The lowest BCUT2D eigenvalue weighted by atomic mass is 9.92. The van der Waals surface area contributed by atoms with E-state index in [-0.39, 0.29) is 0 Å². The molecule has 0 aromatic heterocycles. The van der Waals surface area contributed by atoms with Crippen molar-refractivity contribution in [1.29, 1.82) is 0 Å². The van der Waals surface area contributed by atoms with Gasteiger partial charge in [-0.25, -0.2) is 0 Å². The molecule has 1 rings (SSSR count). The molecule has 1 saturated carbocycles. The van der Waals surface area contributed by atoms with Crippen LogP contribution in [0.15, 0.2) is 0 Å². The molecule has 0 amide bonds. The van der Waals surface area contributed by atoms with Gasteiger partial charge in [0.25, 0.3) is 0 Å². The van der Waals surface area contributed by atoms with Gasteiger partial charge >= 0.3 is 0 Å². The Morgan fingerprint density at radius 3 is 1.38 bits per heavy atom. The average molecular weight is 118 g/mol. The minimum absolute atomic E-state index is 0.562. The van der Waals surface area contributed by atoms with Gasteiger partial charge < -0.3 is 10.2 Å². The summed E-state index contributed by atoms with van der Waals surface area (Å²) in [6.07, 6.45) is 2.09. The largest absolute Gasteiger partial charge is 0.366 e. The molecule has 0 radical (unpaired) electrons. The fourth-order valence-corrected chi connectivity index (χ4v) is 0.493. The van der Waals surface area contributed by atoms with E-state index < -0.39 is 5.79 Å². The highest BCUT2D eigenvalue weighted by atomic mass is 16.5. The summed E-state index contributed by atoms with van der Waals surface area (Å²) in [6, 6.07) is 0. The Morgan fingerprint density at radius 1 is 1.12 bits per heavy atom. The summed E-state index contributed by atoms with van der Waals surface area (Å²) in [7, 11) is 0. The van der Waals surface area contributed by atoms with E-state index in [1.807, 2.05) is 13.8 Å². The summed E-state index contributed by atoms with van der Waals surface area (Å²) < 4.78 is 0. The van der Waals surface area contributed by atoms with Crippen molar-refractivity contribution in [2.24, 2.45) is 0 Å². The van der Waals surface area contributed by atoms with E-state index in [1.54, 1.807) is 0 Å². The first-order chi connectivity index (χ1) is 3.71. The lowest BCUT2D eigenvalue weighted by molar-refractivity contribution is -0.210. The molecular weight excluding hydrogens is 104 g/mol. The first-order valence-electron chi connectivity index (χ1n) is 3.15. The van der Waals surface area contributed by atoms with Gasteiger partial charge in [0.05, 0.1) is 0 Å². The van der Waals surface area contributed by atoms with Crippen LogP contribution < -0.4 is 0 Å². The fourth-order valence-electron chi connectivity index (χ4n) is 0.493. The van der Waals surface area contributed by atoms with Crippen molar-refractivity contribution in [3.05, 3.63) is 0 Å². The molecule has 50 valence electrons. The summed E-state index contributed by atoms with van der Waals surface area (Å²) in [5, 5.41) is 16.9. The molecule has 1 aliphatic rings. The number of hydrogen-bond acceptors (Lipinski definition) is 2. The second kappa shape index (κ2) is 3.05. The first-order valence-corrected chi connectivity index (χ1v) is 3.15. The summed E-state index contributed by atoms with van der Waals surface area (Å²) in [5.74, 6) is -1.28. The standard InChI is InChI=1S/C4H8O2.C2H6/c5-4(6)2-1-3-4;1-2/h5-6H,1-3H2;1-2H3. The Bertz CT molecular complexity index is 53.5. The molecule has 2 nitrogen and oxygen atoms in total. The molecule has 1 fully saturated rings. The van der Waals surface area contributed by atoms with Crippen LogP contribution >= 0.6 is 0 Å². The monoisotopic (exact) mass is 118 g/mol. The molecule has 8 heavy (non-hydrogen) atoms. The second-order valence-corrected chi connectivity index (χ2v) is 1.84. The first kappa shape index (κ1) is 7.92. The third-order valence-corrected chi connectivity index (χ3v) is 1.15. The summed E-state index contributed by atoms with van der Waals surface area (Å²) in [4.78, 5) is 0. The van der Waals surface area contributed by atoms with Crippen LogP contribution in [0, 0.1) is 0 Å². The molecule has 0 aromatic carbocycles. The highest BCUT2D eigenvalue weighted by Crippen LogP contribution is 2.27. The highest BCUT2D eigenvalue weighted by molar-refractivity contribution is 4.74. The topological polar surface area (TPSA) is 40.5 Å². The lowest BCUT2D eigenvalue weighted by Gasteiger charge is -2.29. The molecule has 2 N–H and O–H groups in total. The second-order valence-electron chi connectivity index (χ2n) is 1.84. The van der Waals surface area contributed by atoms with Gasteiger partial charge in [-0.3, -0.25) is 0 Å². The van der Waals surface area contributed by atoms with Crippen LogP contribution in [0.2, 0.25) is 0 Å². The zero-order valence-electron chi connectivity index (χ0n) is 5.52. The maximum atomic E-state index is 8.47. The Labute approximate surface area is 50.2 Å². The van der Waals surface area contributed by atoms with Gasteiger partial charge in [-0.2, -0.15) is 0 Å². The Hall–Kier alpha value is -0.0800. The molecule has 2 heteroatoms. The van der Waals surface area contributed by atoms with E-state index in [2.05, 4.69) is 0 Å². The van der Waals surface area contributed by atoms with Gasteiger partial charge in [-0.05, 0) is 6.42 Å². The van der Waals surface area contributed by atoms with E-state index in [9.17, 15) is 0 Å². The number of rotatable bonds is 0. The maximum absolute atomic E-state index is 8.47. The SMILES string of the molecule is CC.OC1(O)CCC1. The molecule has 0 atom stereocenters. The molecular formula is C6H14O2. The van der Waals surface area contributed by atoms with Gasteiger partial charge in [-0.15, -0.1) is 0 Å². The minimum Gasteiger partial charge on any atom is -0.366 e. The van der Waals surface area contributed by atoms with Crippen LogP contribution in [0.5, 0.6) is 0 Å². The van der Waals surface area contributed by atoms with Crippen molar-refractivity contribution in [3.8, 4) is 0 Å². The van der Waals surface area contributed by atoms with Crippen molar-refractivity contribution >= 4 is 0 Å². The zero-order chi connectivity index (χ0) is 6.62. The molecule has 0 aromatic rings.